The molecule has 1 fully saturated rings. The van der Waals surface area contributed by atoms with E-state index in [1.54, 1.807) is 5.57 Å². The van der Waals surface area contributed by atoms with Crippen molar-refractivity contribution < 1.29 is 4.52 Å². The molecule has 1 saturated heterocycles. The number of hydrogen-bond donors (Lipinski definition) is 0. The Morgan fingerprint density at radius 2 is 2.36 bits per heavy atom. The van der Waals surface area contributed by atoms with Gasteiger partial charge in [0.1, 0.15) is 0 Å². The molecule has 0 bridgehead atoms. The van der Waals surface area contributed by atoms with E-state index in [0.717, 1.165) is 0 Å². The summed E-state index contributed by atoms with van der Waals surface area (Å²) in [4.78, 5) is 0. The first kappa shape index (κ1) is 7.61. The fourth-order valence-corrected chi connectivity index (χ4v) is 3.45. The van der Waals surface area contributed by atoms with Crippen LogP contribution in [0.2, 0.25) is 0 Å². The molecular weight excluding hydrogens is 155 g/mol. The van der Waals surface area contributed by atoms with E-state index in [0.29, 0.717) is 0 Å². The predicted octanol–water partition coefficient (Wildman–Crippen LogP) is 3.61. The normalized spacial score (nSPS) is 26.8. The summed E-state index contributed by atoms with van der Waals surface area (Å²) in [6.45, 7) is 2.26. The molecule has 62 valence electrons. The van der Waals surface area contributed by atoms with Crippen molar-refractivity contribution in [2.24, 2.45) is 0 Å². The van der Waals surface area contributed by atoms with Crippen molar-refractivity contribution in [2.75, 3.05) is 6.16 Å². The molecule has 0 aromatic rings. The van der Waals surface area contributed by atoms with Gasteiger partial charge >= 0.3 is 0 Å². The first-order valence-electron chi connectivity index (χ1n) is 4.59. The van der Waals surface area contributed by atoms with Gasteiger partial charge in [-0.25, -0.2) is 0 Å². The molecule has 2 aliphatic heterocycles. The topological polar surface area (TPSA) is 12.5 Å². The average molecular weight is 170 g/mol. The van der Waals surface area contributed by atoms with E-state index in [-0.39, 0.29) is 8.15 Å². The Labute approximate surface area is 69.7 Å². The monoisotopic (exact) mass is 170 g/mol. The molecule has 0 aliphatic carbocycles. The molecule has 2 rings (SSSR count). The molecule has 2 heteroatoms. The Morgan fingerprint density at radius 1 is 1.45 bits per heavy atom. The molecule has 2 heterocycles. The minimum absolute atomic E-state index is 0.0211. The quantitative estimate of drug-likeness (QED) is 0.356. The molecule has 1 atom stereocenters. The van der Waals surface area contributed by atoms with E-state index in [4.69, 9.17) is 4.52 Å². The van der Waals surface area contributed by atoms with Crippen LogP contribution in [0, 0.1) is 0 Å². The molecule has 0 aromatic carbocycles. The van der Waals surface area contributed by atoms with E-state index in [1.807, 2.05) is 0 Å². The van der Waals surface area contributed by atoms with Gasteiger partial charge in [-0.15, -0.1) is 0 Å². The van der Waals surface area contributed by atoms with Crippen molar-refractivity contribution in [3.05, 3.63) is 11.1 Å². The van der Waals surface area contributed by atoms with Crippen LogP contribution in [0.1, 0.15) is 39.0 Å². The molecule has 1 nitrogen and oxygen atoms in total. The number of fused-ring (bicyclic) bond motifs is 1. The van der Waals surface area contributed by atoms with Gasteiger partial charge in [0.25, 0.3) is 0 Å². The van der Waals surface area contributed by atoms with E-state index >= 15 is 0 Å². The van der Waals surface area contributed by atoms with Crippen LogP contribution in [0.3, 0.4) is 0 Å². The van der Waals surface area contributed by atoms with Gasteiger partial charge in [0.15, 0.2) is 13.6 Å². The van der Waals surface area contributed by atoms with Crippen molar-refractivity contribution >= 4 is 8.15 Å². The minimum Gasteiger partial charge on any atom is -0.462 e. The highest BCUT2D eigenvalue weighted by molar-refractivity contribution is 7.64. The second-order valence-electron chi connectivity index (χ2n) is 3.31. The van der Waals surface area contributed by atoms with Gasteiger partial charge < -0.3 is 4.52 Å². The van der Waals surface area contributed by atoms with E-state index < -0.39 is 0 Å². The third kappa shape index (κ3) is 1.59. The second kappa shape index (κ2) is 3.15. The zero-order valence-corrected chi connectivity index (χ0v) is 7.99. The summed E-state index contributed by atoms with van der Waals surface area (Å²) in [5.74, 6) is 0. The molecule has 0 spiro atoms. The Kier molecular flexibility index (Phi) is 2.18. The molecule has 0 radical (unpaired) electrons. The lowest BCUT2D eigenvalue weighted by Gasteiger charge is -1.99. The van der Waals surface area contributed by atoms with Gasteiger partial charge in [0, 0.05) is 6.16 Å². The Balaban J connectivity index is 1.75. The van der Waals surface area contributed by atoms with Crippen molar-refractivity contribution in [2.45, 2.75) is 39.0 Å². The van der Waals surface area contributed by atoms with Gasteiger partial charge in [0.2, 0.25) is 0 Å². The zero-order valence-electron chi connectivity index (χ0n) is 7.10. The lowest BCUT2D eigenvalue weighted by molar-refractivity contribution is 0.599. The third-order valence-electron chi connectivity index (χ3n) is 2.39. The smallest absolute Gasteiger partial charge is 0.162 e. The van der Waals surface area contributed by atoms with Crippen molar-refractivity contribution in [3.8, 4) is 0 Å². The van der Waals surface area contributed by atoms with Crippen LogP contribution >= 0.6 is 8.15 Å². The first-order chi connectivity index (χ1) is 5.42. The largest absolute Gasteiger partial charge is 0.462 e. The number of rotatable bonds is 4. The Bertz CT molecular complexity index is 186. The predicted molar refractivity (Wildman–Crippen MR) is 48.7 cm³/mol. The summed E-state index contributed by atoms with van der Waals surface area (Å²) < 4.78 is 5.44. The van der Waals surface area contributed by atoms with Crippen LogP contribution < -0.4 is 0 Å². The molecule has 11 heavy (non-hydrogen) atoms. The molecule has 0 saturated carbocycles. The summed E-state index contributed by atoms with van der Waals surface area (Å²) in [6.07, 6.45) is 8.10. The Morgan fingerprint density at radius 3 is 2.91 bits per heavy atom. The summed E-state index contributed by atoms with van der Waals surface area (Å²) in [5.41, 5.74) is 3.08. The maximum Gasteiger partial charge on any atom is 0.162 e. The highest BCUT2D eigenvalue weighted by Gasteiger charge is 2.41. The van der Waals surface area contributed by atoms with Gasteiger partial charge in [-0.05, 0) is 24.8 Å². The third-order valence-corrected chi connectivity index (χ3v) is 4.12. The first-order valence-corrected chi connectivity index (χ1v) is 6.04. The summed E-state index contributed by atoms with van der Waals surface area (Å²) in [5, 5.41) is 0. The van der Waals surface area contributed by atoms with Crippen LogP contribution in [0.25, 0.3) is 0 Å². The van der Waals surface area contributed by atoms with E-state index in [9.17, 15) is 0 Å². The van der Waals surface area contributed by atoms with E-state index in [1.165, 1.54) is 43.8 Å². The Hall–Kier alpha value is -0.0300. The molecular formula is C9H15OP. The summed E-state index contributed by atoms with van der Waals surface area (Å²) in [7, 11) is 0.0211. The average Bonchev–Trinajstić information content (AvgIpc) is 2.70. The summed E-state index contributed by atoms with van der Waals surface area (Å²) in [6, 6.07) is 0. The van der Waals surface area contributed by atoms with Gasteiger partial charge in [-0.1, -0.05) is 19.8 Å². The van der Waals surface area contributed by atoms with Crippen LogP contribution in [-0.2, 0) is 4.52 Å². The van der Waals surface area contributed by atoms with Crippen molar-refractivity contribution in [1.29, 1.82) is 0 Å². The molecule has 0 amide bonds. The highest BCUT2D eigenvalue weighted by atomic mass is 31.2. The zero-order chi connectivity index (χ0) is 7.68. The maximum absolute atomic E-state index is 5.44. The summed E-state index contributed by atoms with van der Waals surface area (Å²) >= 11 is 0. The van der Waals surface area contributed by atoms with Crippen molar-refractivity contribution in [1.82, 2.24) is 0 Å². The SMILES string of the molecule is CCCCCC1=C2OP2CC1. The van der Waals surface area contributed by atoms with Crippen LogP contribution in [0.15, 0.2) is 11.1 Å². The van der Waals surface area contributed by atoms with E-state index in [2.05, 4.69) is 6.92 Å². The van der Waals surface area contributed by atoms with Crippen LogP contribution in [0.4, 0.5) is 0 Å². The standard InChI is InChI=1S/C9H15OP/c1-2-3-4-5-8-6-7-11-9(8)10-11/h2-7H2,1H3. The van der Waals surface area contributed by atoms with Gasteiger partial charge in [0.05, 0.1) is 0 Å². The second-order valence-corrected chi connectivity index (χ2v) is 5.10. The minimum atomic E-state index is 0.0211. The fraction of sp³-hybridized carbons (Fsp3) is 0.778. The maximum atomic E-state index is 5.44. The number of hydrogen-bond acceptors (Lipinski definition) is 1. The number of unbranched alkanes of at least 4 members (excludes halogenated alkanes) is 2. The van der Waals surface area contributed by atoms with Crippen molar-refractivity contribution in [3.63, 3.8) is 0 Å². The van der Waals surface area contributed by atoms with Gasteiger partial charge in [-0.3, -0.25) is 0 Å². The number of allylic oxidation sites excluding steroid dienone is 1. The molecule has 1 unspecified atom stereocenters. The van der Waals surface area contributed by atoms with Crippen LogP contribution in [-0.4, -0.2) is 6.16 Å². The fourth-order valence-electron chi connectivity index (χ4n) is 1.64. The molecule has 0 N–H and O–H groups in total. The van der Waals surface area contributed by atoms with Crippen LogP contribution in [0.5, 0.6) is 0 Å². The highest BCUT2D eigenvalue weighted by Crippen LogP contribution is 2.71. The lowest BCUT2D eigenvalue weighted by Crippen LogP contribution is -1.84. The molecule has 0 aromatic heterocycles. The molecule has 2 aliphatic rings. The lowest BCUT2D eigenvalue weighted by atomic mass is 10.1. The van der Waals surface area contributed by atoms with Gasteiger partial charge in [-0.2, -0.15) is 0 Å².